The molecule has 2 N–H and O–H groups in total. The summed E-state index contributed by atoms with van der Waals surface area (Å²) in [7, 11) is 0. The molecule has 12 heteroatoms. The van der Waals surface area contributed by atoms with Gasteiger partial charge < -0.3 is 10.6 Å². The van der Waals surface area contributed by atoms with Gasteiger partial charge in [-0.05, 0) is 71.5 Å². The molecule has 2 amide bonds. The van der Waals surface area contributed by atoms with Crippen molar-refractivity contribution in [2.24, 2.45) is 0 Å². The summed E-state index contributed by atoms with van der Waals surface area (Å²) in [4.78, 5) is 25.2. The molecular weight excluding hydrogens is 608 g/mol. The molecule has 0 fully saturated rings. The molecule has 0 heterocycles. The standard InChI is InChI=1S/C24H16F7IN2O2/c1-13-11-15(22(25,23(26,27)28)24(29,30)31)9-10-19(13)34-20(35)14-5-4-6-16(12-14)33-21(36)17-7-2-3-8-18(17)32/h2-12H,1H3,(H,33,36)(H,34,35). The van der Waals surface area contributed by atoms with E-state index >= 15 is 0 Å². The van der Waals surface area contributed by atoms with Crippen LogP contribution in [0.5, 0.6) is 0 Å². The van der Waals surface area contributed by atoms with Crippen molar-refractivity contribution in [3.8, 4) is 0 Å². The van der Waals surface area contributed by atoms with E-state index in [2.05, 4.69) is 10.6 Å². The first-order valence-corrected chi connectivity index (χ1v) is 11.1. The summed E-state index contributed by atoms with van der Waals surface area (Å²) in [5.41, 5.74) is -6.84. The lowest BCUT2D eigenvalue weighted by Gasteiger charge is -2.30. The minimum Gasteiger partial charge on any atom is -0.322 e. The number of nitrogens with one attached hydrogen (secondary N) is 2. The number of halogens is 8. The number of carbonyl (C=O) groups is 2. The van der Waals surface area contributed by atoms with E-state index < -0.39 is 35.4 Å². The van der Waals surface area contributed by atoms with Gasteiger partial charge in [0.1, 0.15) is 0 Å². The minimum atomic E-state index is -6.24. The third-order valence-corrected chi connectivity index (χ3v) is 6.10. The molecule has 36 heavy (non-hydrogen) atoms. The molecule has 3 aromatic carbocycles. The predicted molar refractivity (Wildman–Crippen MR) is 128 cm³/mol. The van der Waals surface area contributed by atoms with Gasteiger partial charge in [-0.15, -0.1) is 0 Å². The second-order valence-electron chi connectivity index (χ2n) is 7.65. The Labute approximate surface area is 214 Å². The van der Waals surface area contributed by atoms with Gasteiger partial charge in [-0.1, -0.05) is 30.3 Å². The molecule has 0 aliphatic heterocycles. The maximum atomic E-state index is 14.3. The maximum absolute atomic E-state index is 14.3. The van der Waals surface area contributed by atoms with Crippen molar-refractivity contribution >= 4 is 45.8 Å². The summed E-state index contributed by atoms with van der Waals surface area (Å²) in [6.45, 7) is 1.13. The fourth-order valence-corrected chi connectivity index (χ4v) is 3.92. The quantitative estimate of drug-likeness (QED) is 0.230. The van der Waals surface area contributed by atoms with Crippen molar-refractivity contribution in [1.82, 2.24) is 0 Å². The van der Waals surface area contributed by atoms with Gasteiger partial charge in [0.25, 0.3) is 11.8 Å². The molecule has 0 bridgehead atoms. The van der Waals surface area contributed by atoms with E-state index in [9.17, 15) is 40.3 Å². The highest BCUT2D eigenvalue weighted by atomic mass is 127. The van der Waals surface area contributed by atoms with Crippen LogP contribution in [0, 0.1) is 10.5 Å². The smallest absolute Gasteiger partial charge is 0.322 e. The van der Waals surface area contributed by atoms with Gasteiger partial charge in [0, 0.05) is 26.1 Å². The summed E-state index contributed by atoms with van der Waals surface area (Å²) < 4.78 is 93.1. The molecule has 0 aliphatic rings. The highest BCUT2D eigenvalue weighted by molar-refractivity contribution is 14.1. The van der Waals surface area contributed by atoms with Crippen LogP contribution in [0.15, 0.2) is 66.7 Å². The fourth-order valence-electron chi connectivity index (χ4n) is 3.28. The monoisotopic (exact) mass is 624 g/mol. The molecule has 4 nitrogen and oxygen atoms in total. The van der Waals surface area contributed by atoms with Crippen LogP contribution < -0.4 is 10.6 Å². The number of carbonyl (C=O) groups excluding carboxylic acids is 2. The average Bonchev–Trinajstić information content (AvgIpc) is 2.78. The molecule has 0 radical (unpaired) electrons. The maximum Gasteiger partial charge on any atom is 0.435 e. The zero-order valence-electron chi connectivity index (χ0n) is 18.2. The Morgan fingerprint density at radius 3 is 1.97 bits per heavy atom. The second-order valence-corrected chi connectivity index (χ2v) is 8.81. The summed E-state index contributed by atoms with van der Waals surface area (Å²) >= 11 is 1.99. The van der Waals surface area contributed by atoms with Crippen molar-refractivity contribution in [3.63, 3.8) is 0 Å². The van der Waals surface area contributed by atoms with Gasteiger partial charge in [0.05, 0.1) is 5.56 Å². The van der Waals surface area contributed by atoms with Crippen LogP contribution in [0.4, 0.5) is 42.1 Å². The van der Waals surface area contributed by atoms with Crippen molar-refractivity contribution in [3.05, 3.63) is 92.6 Å². The highest BCUT2D eigenvalue weighted by Crippen LogP contribution is 2.53. The highest BCUT2D eigenvalue weighted by Gasteiger charge is 2.73. The van der Waals surface area contributed by atoms with Crippen LogP contribution in [0.3, 0.4) is 0 Å². The number of aryl methyl sites for hydroxylation is 1. The number of benzene rings is 3. The van der Waals surface area contributed by atoms with Gasteiger partial charge in [0.15, 0.2) is 0 Å². The zero-order valence-corrected chi connectivity index (χ0v) is 20.3. The van der Waals surface area contributed by atoms with Crippen LogP contribution >= 0.6 is 22.6 Å². The average molecular weight is 624 g/mol. The summed E-state index contributed by atoms with van der Waals surface area (Å²) in [6.07, 6.45) is -12.5. The molecular formula is C24H16F7IN2O2. The molecule has 0 saturated carbocycles. The lowest BCUT2D eigenvalue weighted by atomic mass is 9.92. The number of amides is 2. The van der Waals surface area contributed by atoms with E-state index in [1.54, 1.807) is 24.3 Å². The molecule has 3 rings (SSSR count). The minimum absolute atomic E-state index is 0.0458. The van der Waals surface area contributed by atoms with E-state index in [0.717, 1.165) is 13.0 Å². The van der Waals surface area contributed by atoms with Gasteiger partial charge >= 0.3 is 18.0 Å². The molecule has 0 unspecified atom stereocenters. The molecule has 0 saturated heterocycles. The number of alkyl halides is 7. The van der Waals surface area contributed by atoms with Crippen molar-refractivity contribution in [1.29, 1.82) is 0 Å². The zero-order chi connectivity index (χ0) is 26.9. The van der Waals surface area contributed by atoms with Crippen molar-refractivity contribution < 1.29 is 40.3 Å². The lowest BCUT2D eigenvalue weighted by Crippen LogP contribution is -2.50. The molecule has 190 valence electrons. The van der Waals surface area contributed by atoms with Crippen LogP contribution in [-0.4, -0.2) is 24.2 Å². The normalized spacial score (nSPS) is 12.2. The topological polar surface area (TPSA) is 58.2 Å². The number of hydrogen-bond donors (Lipinski definition) is 2. The van der Waals surface area contributed by atoms with E-state index in [4.69, 9.17) is 0 Å². The lowest BCUT2D eigenvalue weighted by molar-refractivity contribution is -0.348. The first-order valence-electron chi connectivity index (χ1n) is 10.1. The predicted octanol–water partition coefficient (Wildman–Crippen LogP) is 7.39. The number of anilines is 2. The Morgan fingerprint density at radius 2 is 1.39 bits per heavy atom. The van der Waals surface area contributed by atoms with Gasteiger partial charge in [-0.3, -0.25) is 9.59 Å². The summed E-state index contributed by atoms with van der Waals surface area (Å²) in [6, 6.07) is 14.0. The Hall–Kier alpha value is -3.16. The summed E-state index contributed by atoms with van der Waals surface area (Å²) in [5.74, 6) is -1.18. The second kappa shape index (κ2) is 10.1. The first kappa shape index (κ1) is 27.4. The summed E-state index contributed by atoms with van der Waals surface area (Å²) in [5, 5.41) is 5.01. The number of rotatable bonds is 5. The van der Waals surface area contributed by atoms with Gasteiger partial charge in [-0.2, -0.15) is 26.3 Å². The Kier molecular flexibility index (Phi) is 7.67. The van der Waals surface area contributed by atoms with E-state index in [-0.39, 0.29) is 22.5 Å². The van der Waals surface area contributed by atoms with Gasteiger partial charge in [-0.25, -0.2) is 4.39 Å². The number of hydrogen-bond acceptors (Lipinski definition) is 2. The van der Waals surface area contributed by atoms with E-state index in [1.807, 2.05) is 22.6 Å². The molecule has 0 aliphatic carbocycles. The van der Waals surface area contributed by atoms with Crippen LogP contribution in [0.2, 0.25) is 0 Å². The van der Waals surface area contributed by atoms with E-state index in [1.165, 1.54) is 24.3 Å². The van der Waals surface area contributed by atoms with Gasteiger partial charge in [0.2, 0.25) is 0 Å². The third kappa shape index (κ3) is 5.47. The van der Waals surface area contributed by atoms with Crippen molar-refractivity contribution in [2.75, 3.05) is 10.6 Å². The van der Waals surface area contributed by atoms with E-state index in [0.29, 0.717) is 21.3 Å². The fraction of sp³-hybridized carbons (Fsp3) is 0.167. The Bertz CT molecular complexity index is 1290. The Balaban J connectivity index is 1.82. The van der Waals surface area contributed by atoms with Crippen molar-refractivity contribution in [2.45, 2.75) is 24.9 Å². The van der Waals surface area contributed by atoms with Crippen LogP contribution in [0.1, 0.15) is 31.8 Å². The van der Waals surface area contributed by atoms with Crippen LogP contribution in [-0.2, 0) is 5.67 Å². The first-order chi connectivity index (χ1) is 16.6. The molecule has 0 atom stereocenters. The Morgan fingerprint density at radius 1 is 0.750 bits per heavy atom. The molecule has 3 aromatic rings. The SMILES string of the molecule is Cc1cc(C(F)(C(F)(F)F)C(F)(F)F)ccc1NC(=O)c1cccc(NC(=O)c2ccccc2I)c1. The largest absolute Gasteiger partial charge is 0.435 e. The van der Waals surface area contributed by atoms with Crippen LogP contribution in [0.25, 0.3) is 0 Å². The third-order valence-electron chi connectivity index (χ3n) is 5.15. The molecule has 0 aromatic heterocycles. The molecule has 0 spiro atoms.